The molecule has 2 heterocycles. The second-order valence-electron chi connectivity index (χ2n) is 7.63. The van der Waals surface area contributed by atoms with Crippen molar-refractivity contribution in [3.8, 4) is 0 Å². The summed E-state index contributed by atoms with van der Waals surface area (Å²) in [5.41, 5.74) is 2.87. The maximum atomic E-state index is 13.1. The second kappa shape index (κ2) is 8.00. The van der Waals surface area contributed by atoms with E-state index in [1.54, 1.807) is 12.1 Å². The monoisotopic (exact) mass is 415 g/mol. The van der Waals surface area contributed by atoms with E-state index < -0.39 is 4.92 Å². The normalized spacial score (nSPS) is 17.9. The van der Waals surface area contributed by atoms with E-state index in [0.717, 1.165) is 31.7 Å². The fraction of sp³-hybridized carbons (Fsp3) is 0.381. The van der Waals surface area contributed by atoms with Gasteiger partial charge >= 0.3 is 0 Å². The summed E-state index contributed by atoms with van der Waals surface area (Å²) in [7, 11) is 0. The van der Waals surface area contributed by atoms with Gasteiger partial charge in [0.25, 0.3) is 11.6 Å². The number of nitro groups is 1. The summed E-state index contributed by atoms with van der Waals surface area (Å²) in [6.07, 6.45) is 0.901. The van der Waals surface area contributed by atoms with Gasteiger partial charge in [0, 0.05) is 23.3 Å². The van der Waals surface area contributed by atoms with Crippen LogP contribution in [0.1, 0.15) is 12.5 Å². The van der Waals surface area contributed by atoms with Crippen molar-refractivity contribution < 1.29 is 14.6 Å². The first-order chi connectivity index (χ1) is 14.0. The number of nitrogens with zero attached hydrogens (tertiary/aromatic N) is 3. The Morgan fingerprint density at radius 1 is 1.14 bits per heavy atom. The quantitative estimate of drug-likeness (QED) is 0.612. The third-order valence-electron chi connectivity index (χ3n) is 6.02. The number of quaternary nitrogens is 1. The lowest BCUT2D eigenvalue weighted by Crippen LogP contribution is -3.19. The van der Waals surface area contributed by atoms with Gasteiger partial charge in [0.15, 0.2) is 6.04 Å². The van der Waals surface area contributed by atoms with Crippen molar-refractivity contribution in [1.82, 2.24) is 0 Å². The third-order valence-corrected chi connectivity index (χ3v) is 6.25. The number of rotatable bonds is 4. The van der Waals surface area contributed by atoms with Crippen LogP contribution in [0, 0.1) is 10.1 Å². The molecule has 7 nitrogen and oxygen atoms in total. The summed E-state index contributed by atoms with van der Waals surface area (Å²) in [6.45, 7) is 5.54. The molecule has 4 rings (SSSR count). The van der Waals surface area contributed by atoms with Crippen LogP contribution in [0.15, 0.2) is 42.5 Å². The molecule has 1 N–H and O–H groups in total. The number of halogens is 1. The highest BCUT2D eigenvalue weighted by Gasteiger charge is 2.35. The average Bonchev–Trinajstić information content (AvgIpc) is 3.17. The van der Waals surface area contributed by atoms with Gasteiger partial charge in [0.05, 0.1) is 31.1 Å². The van der Waals surface area contributed by atoms with Gasteiger partial charge < -0.3 is 14.7 Å². The lowest BCUT2D eigenvalue weighted by atomic mass is 10.1. The number of piperazine rings is 1. The minimum absolute atomic E-state index is 0.0266. The molecule has 2 aliphatic rings. The van der Waals surface area contributed by atoms with E-state index in [1.165, 1.54) is 16.5 Å². The Morgan fingerprint density at radius 2 is 1.86 bits per heavy atom. The topological polar surface area (TPSA) is 71.1 Å². The molecule has 152 valence electrons. The Bertz CT molecular complexity index is 943. The molecule has 0 aromatic heterocycles. The Morgan fingerprint density at radius 3 is 2.59 bits per heavy atom. The van der Waals surface area contributed by atoms with E-state index >= 15 is 0 Å². The highest BCUT2D eigenvalue weighted by molar-refractivity contribution is 6.30. The number of hydrogen-bond acceptors (Lipinski definition) is 4. The molecule has 0 spiro atoms. The van der Waals surface area contributed by atoms with Crippen molar-refractivity contribution in [1.29, 1.82) is 0 Å². The molecule has 0 aliphatic carbocycles. The van der Waals surface area contributed by atoms with Crippen molar-refractivity contribution in [3.63, 3.8) is 0 Å². The van der Waals surface area contributed by atoms with E-state index in [-0.39, 0.29) is 17.6 Å². The molecule has 2 aromatic rings. The molecule has 2 aromatic carbocycles. The van der Waals surface area contributed by atoms with Gasteiger partial charge in [0.2, 0.25) is 0 Å². The number of hydrogen-bond donors (Lipinski definition) is 1. The number of nitrogens with one attached hydrogen (secondary N) is 1. The van der Waals surface area contributed by atoms with Crippen LogP contribution in [0.4, 0.5) is 17.1 Å². The first kappa shape index (κ1) is 19.7. The lowest BCUT2D eigenvalue weighted by Gasteiger charge is -2.36. The van der Waals surface area contributed by atoms with Crippen LogP contribution < -0.4 is 14.7 Å². The van der Waals surface area contributed by atoms with Gasteiger partial charge in [-0.05, 0) is 37.1 Å². The molecule has 8 heteroatoms. The van der Waals surface area contributed by atoms with Crippen molar-refractivity contribution >= 4 is 34.6 Å². The van der Waals surface area contributed by atoms with Crippen LogP contribution in [0.2, 0.25) is 5.02 Å². The van der Waals surface area contributed by atoms with E-state index in [2.05, 4.69) is 6.07 Å². The van der Waals surface area contributed by atoms with Crippen LogP contribution in [0.3, 0.4) is 0 Å². The number of amides is 1. The predicted molar refractivity (Wildman–Crippen MR) is 113 cm³/mol. The van der Waals surface area contributed by atoms with Crippen molar-refractivity contribution in [2.24, 2.45) is 0 Å². The average molecular weight is 416 g/mol. The number of para-hydroxylation sites is 1. The molecule has 1 atom stereocenters. The summed E-state index contributed by atoms with van der Waals surface area (Å²) in [5, 5.41) is 11.7. The van der Waals surface area contributed by atoms with Crippen LogP contribution >= 0.6 is 11.6 Å². The summed E-state index contributed by atoms with van der Waals surface area (Å²) in [5.74, 6) is 0.149. The molecular weight excluding hydrogens is 392 g/mol. The molecule has 2 aliphatic heterocycles. The molecule has 0 saturated carbocycles. The summed E-state index contributed by atoms with van der Waals surface area (Å²) < 4.78 is 0. The van der Waals surface area contributed by atoms with E-state index in [1.807, 2.05) is 34.9 Å². The lowest BCUT2D eigenvalue weighted by molar-refractivity contribution is -0.914. The molecule has 29 heavy (non-hydrogen) atoms. The smallest absolute Gasteiger partial charge is 0.294 e. The van der Waals surface area contributed by atoms with Gasteiger partial charge in [-0.15, -0.1) is 0 Å². The van der Waals surface area contributed by atoms with Gasteiger partial charge in [-0.3, -0.25) is 14.9 Å². The standard InChI is InChI=1S/C21H23ClN4O3/c1-15(21(27)25-9-8-16-4-2-3-5-18(16)25)23-10-12-24(13-11-23)19-7-6-17(22)14-20(19)26(28)29/h2-7,14-15H,8-13H2,1H3/p+1/t15-/m1/s1. The predicted octanol–water partition coefficient (Wildman–Crippen LogP) is 1.93. The molecule has 0 unspecified atom stereocenters. The molecule has 1 fully saturated rings. The minimum Gasteiger partial charge on any atom is -0.355 e. The zero-order valence-corrected chi connectivity index (χ0v) is 17.1. The largest absolute Gasteiger partial charge is 0.355 e. The number of nitro benzene ring substituents is 1. The Kier molecular flexibility index (Phi) is 5.43. The van der Waals surface area contributed by atoms with E-state index in [9.17, 15) is 14.9 Å². The van der Waals surface area contributed by atoms with E-state index in [0.29, 0.717) is 23.8 Å². The Hall–Kier alpha value is -2.64. The summed E-state index contributed by atoms with van der Waals surface area (Å²) >= 11 is 5.93. The fourth-order valence-electron chi connectivity index (χ4n) is 4.35. The molecule has 0 radical (unpaired) electrons. The maximum absolute atomic E-state index is 13.1. The second-order valence-corrected chi connectivity index (χ2v) is 8.06. The number of anilines is 2. The molecule has 0 bridgehead atoms. The summed E-state index contributed by atoms with van der Waals surface area (Å²) in [4.78, 5) is 29.3. The maximum Gasteiger partial charge on any atom is 0.294 e. The van der Waals surface area contributed by atoms with Gasteiger partial charge in [-0.25, -0.2) is 0 Å². The number of benzene rings is 2. The molecular formula is C21H24ClN4O3+. The highest BCUT2D eigenvalue weighted by Crippen LogP contribution is 2.31. The third kappa shape index (κ3) is 3.80. The Labute approximate surface area is 174 Å². The zero-order chi connectivity index (χ0) is 20.5. The van der Waals surface area contributed by atoms with Crippen molar-refractivity contribution in [2.45, 2.75) is 19.4 Å². The van der Waals surface area contributed by atoms with Crippen LogP contribution in [0.5, 0.6) is 0 Å². The number of fused-ring (bicyclic) bond motifs is 1. The first-order valence-corrected chi connectivity index (χ1v) is 10.3. The minimum atomic E-state index is -0.391. The van der Waals surface area contributed by atoms with Crippen LogP contribution in [-0.2, 0) is 11.2 Å². The first-order valence-electron chi connectivity index (χ1n) is 9.88. The molecule has 1 amide bonds. The highest BCUT2D eigenvalue weighted by atomic mass is 35.5. The van der Waals surface area contributed by atoms with Crippen molar-refractivity contribution in [3.05, 3.63) is 63.2 Å². The Balaban J connectivity index is 1.43. The summed E-state index contributed by atoms with van der Waals surface area (Å²) in [6, 6.07) is 12.7. The molecule has 1 saturated heterocycles. The number of carbonyl (C=O) groups excluding carboxylic acids is 1. The van der Waals surface area contributed by atoms with Crippen molar-refractivity contribution in [2.75, 3.05) is 42.5 Å². The van der Waals surface area contributed by atoms with E-state index in [4.69, 9.17) is 11.6 Å². The van der Waals surface area contributed by atoms with Gasteiger partial charge in [0.1, 0.15) is 5.69 Å². The SMILES string of the molecule is C[C@H](C(=O)N1CCc2ccccc21)[NH+]1CCN(c2ccc(Cl)cc2[N+](=O)[O-])CC1. The van der Waals surface area contributed by atoms with Gasteiger partial charge in [-0.2, -0.15) is 0 Å². The van der Waals surface area contributed by atoms with Crippen LogP contribution in [-0.4, -0.2) is 49.6 Å². The van der Waals surface area contributed by atoms with Crippen LogP contribution in [0.25, 0.3) is 0 Å². The van der Waals surface area contributed by atoms with Gasteiger partial charge in [-0.1, -0.05) is 29.8 Å². The zero-order valence-electron chi connectivity index (χ0n) is 16.3. The fourth-order valence-corrected chi connectivity index (χ4v) is 4.52. The number of carbonyl (C=O) groups is 1.